The molecule has 15 heteroatoms. The Morgan fingerprint density at radius 2 is 1.60 bits per heavy atom. The third kappa shape index (κ3) is 7.27. The standard InChI is InChI=1S/C30H32O15/c1-13-23(35)25(37)26(38)29(41-13)40-12-20-24(36)28(45-22(34)8-4-14-2-6-16(31)7-3-14)27(39)30(44-20)43-19-11-18-15(10-17(19)32)5-9-21(33)42-18/h2-11,13,20,23-32,35-39H,12H2,1H3. The van der Waals surface area contributed by atoms with E-state index in [0.29, 0.717) is 10.9 Å². The van der Waals surface area contributed by atoms with Crippen LogP contribution in [0.5, 0.6) is 17.2 Å². The lowest BCUT2D eigenvalue weighted by atomic mass is 9.98. The zero-order valence-corrected chi connectivity index (χ0v) is 23.7. The van der Waals surface area contributed by atoms with Crippen molar-refractivity contribution in [2.75, 3.05) is 6.61 Å². The molecule has 2 saturated heterocycles. The minimum atomic E-state index is -1.84. The van der Waals surface area contributed by atoms with E-state index in [1.807, 2.05) is 0 Å². The van der Waals surface area contributed by atoms with E-state index in [2.05, 4.69) is 0 Å². The van der Waals surface area contributed by atoms with Crippen molar-refractivity contribution in [3.05, 3.63) is 70.6 Å². The van der Waals surface area contributed by atoms with Gasteiger partial charge in [0.05, 0.1) is 12.7 Å². The second kappa shape index (κ2) is 13.5. The number of aromatic hydroxyl groups is 2. The van der Waals surface area contributed by atoms with Crippen LogP contribution in [0, 0.1) is 0 Å². The number of phenolic OH excluding ortho intramolecular Hbond substituents is 2. The molecule has 10 atom stereocenters. The number of carbonyl (C=O) groups excluding carboxylic acids is 1. The number of aliphatic hydroxyl groups is 5. The van der Waals surface area contributed by atoms with E-state index in [0.717, 1.165) is 12.1 Å². The number of benzene rings is 2. The van der Waals surface area contributed by atoms with Crippen molar-refractivity contribution in [2.45, 2.75) is 68.3 Å². The highest BCUT2D eigenvalue weighted by atomic mass is 16.7. The predicted octanol–water partition coefficient (Wildman–Crippen LogP) is -0.501. The topological polar surface area (TPSA) is 235 Å². The highest BCUT2D eigenvalue weighted by Crippen LogP contribution is 2.35. The van der Waals surface area contributed by atoms with Gasteiger partial charge in [-0.2, -0.15) is 0 Å². The average Bonchev–Trinajstić information content (AvgIpc) is 3.01. The zero-order valence-electron chi connectivity index (χ0n) is 23.7. The summed E-state index contributed by atoms with van der Waals surface area (Å²) in [7, 11) is 0. The van der Waals surface area contributed by atoms with Gasteiger partial charge in [0.15, 0.2) is 30.0 Å². The van der Waals surface area contributed by atoms with E-state index >= 15 is 0 Å². The number of hydrogen-bond donors (Lipinski definition) is 7. The Bertz CT molecular complexity index is 1570. The molecule has 0 amide bonds. The van der Waals surface area contributed by atoms with Gasteiger partial charge in [0.1, 0.15) is 41.9 Å². The summed E-state index contributed by atoms with van der Waals surface area (Å²) in [5.41, 5.74) is -0.0858. The summed E-state index contributed by atoms with van der Waals surface area (Å²) in [6.45, 7) is 0.891. The van der Waals surface area contributed by atoms with E-state index < -0.39 is 85.4 Å². The number of fused-ring (bicyclic) bond motifs is 1. The summed E-state index contributed by atoms with van der Waals surface area (Å²) in [6, 6.07) is 10.9. The van der Waals surface area contributed by atoms with Crippen LogP contribution in [0.3, 0.4) is 0 Å². The quantitative estimate of drug-likeness (QED) is 0.0942. The molecule has 2 aliphatic rings. The minimum Gasteiger partial charge on any atom is -0.508 e. The molecule has 45 heavy (non-hydrogen) atoms. The summed E-state index contributed by atoms with van der Waals surface area (Å²) in [5.74, 6) is -1.66. The number of esters is 1. The van der Waals surface area contributed by atoms with E-state index in [9.17, 15) is 45.3 Å². The van der Waals surface area contributed by atoms with Gasteiger partial charge < -0.3 is 63.8 Å². The fourth-order valence-corrected chi connectivity index (χ4v) is 4.84. The van der Waals surface area contributed by atoms with Gasteiger partial charge in [-0.15, -0.1) is 0 Å². The predicted molar refractivity (Wildman–Crippen MR) is 151 cm³/mol. The first kappa shape index (κ1) is 32.3. The maximum Gasteiger partial charge on any atom is 0.336 e. The van der Waals surface area contributed by atoms with Crippen molar-refractivity contribution >= 4 is 23.0 Å². The second-order valence-corrected chi connectivity index (χ2v) is 10.6. The maximum atomic E-state index is 12.7. The fourth-order valence-electron chi connectivity index (χ4n) is 4.84. The molecule has 0 spiro atoms. The largest absolute Gasteiger partial charge is 0.508 e. The molecule has 2 aromatic carbocycles. The zero-order chi connectivity index (χ0) is 32.4. The van der Waals surface area contributed by atoms with Crippen LogP contribution in [0.4, 0.5) is 0 Å². The van der Waals surface area contributed by atoms with E-state index in [-0.39, 0.29) is 17.1 Å². The molecular weight excluding hydrogens is 600 g/mol. The summed E-state index contributed by atoms with van der Waals surface area (Å²) >= 11 is 0. The maximum absolute atomic E-state index is 12.7. The minimum absolute atomic E-state index is 0.0216. The molecule has 242 valence electrons. The molecule has 0 bridgehead atoms. The van der Waals surface area contributed by atoms with Gasteiger partial charge in [0, 0.05) is 23.6 Å². The lowest BCUT2D eigenvalue weighted by molar-refractivity contribution is -0.319. The van der Waals surface area contributed by atoms with Gasteiger partial charge in [-0.25, -0.2) is 9.59 Å². The molecule has 0 aliphatic carbocycles. The summed E-state index contributed by atoms with van der Waals surface area (Å²) in [6.07, 6.45) is -13.0. The highest BCUT2D eigenvalue weighted by molar-refractivity contribution is 5.87. The van der Waals surface area contributed by atoms with Crippen LogP contribution in [0.25, 0.3) is 17.0 Å². The highest BCUT2D eigenvalue weighted by Gasteiger charge is 2.49. The molecule has 5 rings (SSSR count). The van der Waals surface area contributed by atoms with Crippen molar-refractivity contribution in [2.24, 2.45) is 0 Å². The number of rotatable bonds is 8. The van der Waals surface area contributed by atoms with Crippen molar-refractivity contribution in [3.8, 4) is 17.2 Å². The molecule has 3 heterocycles. The van der Waals surface area contributed by atoms with Crippen LogP contribution in [0.15, 0.2) is 63.8 Å². The Balaban J connectivity index is 1.37. The Kier molecular flexibility index (Phi) is 9.71. The number of ether oxygens (including phenoxy) is 5. The molecule has 2 aliphatic heterocycles. The summed E-state index contributed by atoms with van der Waals surface area (Å²) < 4.78 is 32.9. The van der Waals surface area contributed by atoms with Gasteiger partial charge in [0.25, 0.3) is 0 Å². The molecular formula is C30H32O15. The third-order valence-electron chi connectivity index (χ3n) is 7.38. The van der Waals surface area contributed by atoms with Crippen LogP contribution in [-0.2, 0) is 23.7 Å². The van der Waals surface area contributed by atoms with E-state index in [1.54, 1.807) is 0 Å². The second-order valence-electron chi connectivity index (χ2n) is 10.6. The van der Waals surface area contributed by atoms with Gasteiger partial charge in [-0.1, -0.05) is 12.1 Å². The number of carbonyl (C=O) groups is 1. The first-order valence-electron chi connectivity index (χ1n) is 13.9. The van der Waals surface area contributed by atoms with Crippen molar-refractivity contribution in [1.82, 2.24) is 0 Å². The molecule has 1 aromatic heterocycles. The Hall–Kier alpha value is -4.06. The number of phenols is 2. The fraction of sp³-hybridized carbons (Fsp3) is 0.400. The lowest BCUT2D eigenvalue weighted by Gasteiger charge is -2.43. The van der Waals surface area contributed by atoms with Gasteiger partial charge >= 0.3 is 11.6 Å². The Morgan fingerprint density at radius 1 is 0.867 bits per heavy atom. The van der Waals surface area contributed by atoms with Crippen LogP contribution < -0.4 is 10.4 Å². The summed E-state index contributed by atoms with van der Waals surface area (Å²) in [5, 5.41) is 72.9. The van der Waals surface area contributed by atoms with Crippen LogP contribution in [0.1, 0.15) is 12.5 Å². The van der Waals surface area contributed by atoms with Crippen molar-refractivity contribution in [3.63, 3.8) is 0 Å². The number of aliphatic hydroxyl groups excluding tert-OH is 5. The number of hydrogen-bond acceptors (Lipinski definition) is 15. The average molecular weight is 633 g/mol. The molecule has 3 aromatic rings. The Labute approximate surface area is 254 Å². The van der Waals surface area contributed by atoms with Crippen molar-refractivity contribution in [1.29, 1.82) is 0 Å². The normalized spacial score (nSPS) is 32.0. The molecule has 7 N–H and O–H groups in total. The first-order valence-corrected chi connectivity index (χ1v) is 13.9. The van der Waals surface area contributed by atoms with Crippen LogP contribution >= 0.6 is 0 Å². The van der Waals surface area contributed by atoms with Gasteiger partial charge in [0.2, 0.25) is 6.29 Å². The van der Waals surface area contributed by atoms with Crippen molar-refractivity contribution < 1.29 is 68.6 Å². The Morgan fingerprint density at radius 3 is 2.33 bits per heavy atom. The third-order valence-corrected chi connectivity index (χ3v) is 7.38. The lowest BCUT2D eigenvalue weighted by Crippen LogP contribution is -2.62. The summed E-state index contributed by atoms with van der Waals surface area (Å²) in [4.78, 5) is 24.4. The monoisotopic (exact) mass is 632 g/mol. The van der Waals surface area contributed by atoms with Gasteiger partial charge in [-0.05, 0) is 42.8 Å². The molecule has 10 unspecified atom stereocenters. The molecule has 0 radical (unpaired) electrons. The molecule has 0 saturated carbocycles. The van der Waals surface area contributed by atoms with E-state index in [4.69, 9.17) is 28.1 Å². The van der Waals surface area contributed by atoms with Crippen LogP contribution in [0.2, 0.25) is 0 Å². The van der Waals surface area contributed by atoms with Gasteiger partial charge in [-0.3, -0.25) is 0 Å². The molecule has 2 fully saturated rings. The van der Waals surface area contributed by atoms with E-state index in [1.165, 1.54) is 55.5 Å². The molecule has 15 nitrogen and oxygen atoms in total. The SMILES string of the molecule is CC1OC(OCC2OC(Oc3cc4oc(=O)ccc4cc3O)C(O)C(OC(=O)C=Cc3ccc(O)cc3)C2O)C(O)C(O)C1O. The van der Waals surface area contributed by atoms with Crippen LogP contribution in [-0.4, -0.2) is 110 Å². The smallest absolute Gasteiger partial charge is 0.336 e. The first-order chi connectivity index (χ1) is 21.4.